The number of likely N-dealkylation sites (tertiary alicyclic amines) is 1. The van der Waals surface area contributed by atoms with E-state index < -0.39 is 0 Å². The second-order valence-corrected chi connectivity index (χ2v) is 10.0. The first-order valence-corrected chi connectivity index (χ1v) is 12.9. The number of nitrogens with zero attached hydrogens (tertiary/aromatic N) is 5. The number of rotatable bonds is 4. The fourth-order valence-electron chi connectivity index (χ4n) is 5.23. The summed E-state index contributed by atoms with van der Waals surface area (Å²) in [5, 5.41) is 1.80. The van der Waals surface area contributed by atoms with E-state index in [-0.39, 0.29) is 17.6 Å². The molecule has 0 atom stereocenters. The maximum atomic E-state index is 13.3. The molecule has 9 heteroatoms. The average molecular weight is 492 g/mol. The summed E-state index contributed by atoms with van der Waals surface area (Å²) < 4.78 is 13.3. The Kier molecular flexibility index (Phi) is 5.74. The molecule has 3 aliphatic heterocycles. The van der Waals surface area contributed by atoms with Gasteiger partial charge < -0.3 is 14.7 Å². The van der Waals surface area contributed by atoms with Crippen LogP contribution in [0, 0.1) is 5.82 Å². The number of hydrogen-bond donors (Lipinski definition) is 0. The van der Waals surface area contributed by atoms with E-state index in [2.05, 4.69) is 14.8 Å². The lowest BCUT2D eigenvalue weighted by Gasteiger charge is -2.48. The van der Waals surface area contributed by atoms with Crippen LogP contribution >= 0.6 is 11.3 Å². The van der Waals surface area contributed by atoms with Gasteiger partial charge in [-0.2, -0.15) is 0 Å². The first-order valence-electron chi connectivity index (χ1n) is 11.9. The van der Waals surface area contributed by atoms with E-state index in [4.69, 9.17) is 0 Å². The number of thiazole rings is 1. The van der Waals surface area contributed by atoms with E-state index in [1.165, 1.54) is 23.5 Å². The Morgan fingerprint density at radius 1 is 0.914 bits per heavy atom. The van der Waals surface area contributed by atoms with Crippen LogP contribution in [0.25, 0.3) is 0 Å². The molecule has 0 saturated carbocycles. The number of amides is 2. The van der Waals surface area contributed by atoms with Crippen LogP contribution in [0.4, 0.5) is 15.8 Å². The summed E-state index contributed by atoms with van der Waals surface area (Å²) in [6, 6.07) is 12.8. The number of carbonyl (C=O) groups is 2. The maximum absolute atomic E-state index is 13.3. The van der Waals surface area contributed by atoms with Crippen LogP contribution < -0.4 is 4.90 Å². The molecule has 0 spiro atoms. The predicted molar refractivity (Wildman–Crippen MR) is 133 cm³/mol. The van der Waals surface area contributed by atoms with Crippen LogP contribution in [0.5, 0.6) is 0 Å². The van der Waals surface area contributed by atoms with Crippen molar-refractivity contribution in [3.8, 4) is 0 Å². The summed E-state index contributed by atoms with van der Waals surface area (Å²) in [4.78, 5) is 38.1. The van der Waals surface area contributed by atoms with Crippen LogP contribution in [0.3, 0.4) is 0 Å². The molecule has 1 aromatic heterocycles. The van der Waals surface area contributed by atoms with Gasteiger partial charge in [-0.25, -0.2) is 9.37 Å². The number of anilines is 2. The summed E-state index contributed by atoms with van der Waals surface area (Å²) in [5.74, 6) is -0.166. The van der Waals surface area contributed by atoms with Crippen LogP contribution in [0.1, 0.15) is 26.4 Å². The molecule has 6 rings (SSSR count). The average Bonchev–Trinajstić information content (AvgIpc) is 3.54. The van der Waals surface area contributed by atoms with Gasteiger partial charge in [0.2, 0.25) is 0 Å². The van der Waals surface area contributed by atoms with Gasteiger partial charge in [0.15, 0.2) is 0 Å². The van der Waals surface area contributed by atoms with Crippen LogP contribution in [-0.2, 0) is 6.42 Å². The molecule has 35 heavy (non-hydrogen) atoms. The van der Waals surface area contributed by atoms with E-state index in [9.17, 15) is 14.0 Å². The monoisotopic (exact) mass is 491 g/mol. The van der Waals surface area contributed by atoms with E-state index >= 15 is 0 Å². The second-order valence-electron chi connectivity index (χ2n) is 9.29. The maximum Gasteiger partial charge on any atom is 0.273 e. The van der Waals surface area contributed by atoms with Crippen molar-refractivity contribution in [2.24, 2.45) is 0 Å². The van der Waals surface area contributed by atoms with Gasteiger partial charge in [0.25, 0.3) is 11.8 Å². The molecule has 2 fully saturated rings. The molecule has 2 amide bonds. The SMILES string of the molecule is O=C(c1ccc2c(c1)CCN2c1ccc(F)cc1)N1CC(N2CCN(C(=O)c3cscn3)CC2)C1. The standard InChI is InChI=1S/C26H26FN5O2S/c27-20-2-4-21(5-3-20)32-8-7-18-13-19(1-6-24(18)32)25(33)31-14-22(15-31)29-9-11-30(12-10-29)26(34)23-16-35-17-28-23/h1-6,13,16-17,22H,7-12,14-15H2. The Morgan fingerprint density at radius 3 is 2.40 bits per heavy atom. The van der Waals surface area contributed by atoms with Gasteiger partial charge in [0, 0.05) is 74.2 Å². The number of halogens is 1. The molecular formula is C26H26FN5O2S. The van der Waals surface area contributed by atoms with Crippen molar-refractivity contribution in [3.05, 3.63) is 76.0 Å². The minimum absolute atomic E-state index is 0.00548. The van der Waals surface area contributed by atoms with Gasteiger partial charge in [-0.15, -0.1) is 11.3 Å². The molecule has 7 nitrogen and oxygen atoms in total. The third-order valence-electron chi connectivity index (χ3n) is 7.28. The Labute approximate surface area is 207 Å². The number of fused-ring (bicyclic) bond motifs is 1. The lowest BCUT2D eigenvalue weighted by atomic mass is 10.0. The van der Waals surface area contributed by atoms with Gasteiger partial charge in [0.05, 0.1) is 5.51 Å². The van der Waals surface area contributed by atoms with Crippen LogP contribution in [0.2, 0.25) is 0 Å². The highest BCUT2D eigenvalue weighted by atomic mass is 32.1. The van der Waals surface area contributed by atoms with Crippen molar-refractivity contribution in [2.75, 3.05) is 50.7 Å². The normalized spacial score (nSPS) is 18.5. The van der Waals surface area contributed by atoms with Gasteiger partial charge >= 0.3 is 0 Å². The minimum atomic E-state index is -0.243. The van der Waals surface area contributed by atoms with Crippen molar-refractivity contribution in [1.29, 1.82) is 0 Å². The van der Waals surface area contributed by atoms with Gasteiger partial charge in [0.1, 0.15) is 11.5 Å². The highest BCUT2D eigenvalue weighted by Gasteiger charge is 2.37. The molecule has 0 N–H and O–H groups in total. The number of benzene rings is 2. The van der Waals surface area contributed by atoms with Crippen molar-refractivity contribution in [3.63, 3.8) is 0 Å². The Bertz CT molecular complexity index is 1240. The molecule has 0 aliphatic carbocycles. The minimum Gasteiger partial charge on any atom is -0.341 e. The second kappa shape index (κ2) is 9.05. The predicted octanol–water partition coefficient (Wildman–Crippen LogP) is 3.26. The summed E-state index contributed by atoms with van der Waals surface area (Å²) in [6.07, 6.45) is 0.861. The molecular weight excluding hydrogens is 465 g/mol. The van der Waals surface area contributed by atoms with Crippen molar-refractivity contribution in [2.45, 2.75) is 12.5 Å². The summed E-state index contributed by atoms with van der Waals surface area (Å²) >= 11 is 1.44. The van der Waals surface area contributed by atoms with Crippen LogP contribution in [-0.4, -0.2) is 83.4 Å². The van der Waals surface area contributed by atoms with E-state index in [1.807, 2.05) is 28.0 Å². The molecule has 2 saturated heterocycles. The Morgan fingerprint density at radius 2 is 1.69 bits per heavy atom. The van der Waals surface area contributed by atoms with Crippen molar-refractivity contribution in [1.82, 2.24) is 19.7 Å². The van der Waals surface area contributed by atoms with E-state index in [0.717, 1.165) is 61.6 Å². The van der Waals surface area contributed by atoms with Crippen molar-refractivity contribution >= 4 is 34.5 Å². The molecule has 0 unspecified atom stereocenters. The number of aromatic nitrogens is 1. The molecule has 3 aliphatic rings. The number of hydrogen-bond acceptors (Lipinski definition) is 6. The topological polar surface area (TPSA) is 60.0 Å². The van der Waals surface area contributed by atoms with Gasteiger partial charge in [-0.1, -0.05) is 0 Å². The quantitative estimate of drug-likeness (QED) is 0.561. The van der Waals surface area contributed by atoms with Gasteiger partial charge in [-0.3, -0.25) is 14.5 Å². The summed E-state index contributed by atoms with van der Waals surface area (Å²) in [6.45, 7) is 5.28. The number of carbonyl (C=O) groups excluding carboxylic acids is 2. The first-order chi connectivity index (χ1) is 17.1. The molecule has 4 heterocycles. The molecule has 180 valence electrons. The smallest absolute Gasteiger partial charge is 0.273 e. The third-order valence-corrected chi connectivity index (χ3v) is 7.87. The first kappa shape index (κ1) is 22.2. The molecule has 0 radical (unpaired) electrons. The Hall–Kier alpha value is -3.30. The van der Waals surface area contributed by atoms with Gasteiger partial charge in [-0.05, 0) is 54.4 Å². The largest absolute Gasteiger partial charge is 0.341 e. The molecule has 2 aromatic carbocycles. The highest BCUT2D eigenvalue weighted by Crippen LogP contribution is 2.35. The zero-order valence-corrected chi connectivity index (χ0v) is 20.1. The molecule has 0 bridgehead atoms. The Balaban J connectivity index is 1.03. The summed E-state index contributed by atoms with van der Waals surface area (Å²) in [5.41, 5.74) is 6.13. The lowest BCUT2D eigenvalue weighted by molar-refractivity contribution is 0.00843. The van der Waals surface area contributed by atoms with Crippen LogP contribution in [0.15, 0.2) is 53.4 Å². The number of piperazine rings is 1. The summed E-state index contributed by atoms with van der Waals surface area (Å²) in [7, 11) is 0. The fraction of sp³-hybridized carbons (Fsp3) is 0.346. The third kappa shape index (κ3) is 4.19. The van der Waals surface area contributed by atoms with Crippen molar-refractivity contribution < 1.29 is 14.0 Å². The van der Waals surface area contributed by atoms with E-state index in [0.29, 0.717) is 24.8 Å². The fourth-order valence-corrected chi connectivity index (χ4v) is 5.75. The zero-order valence-electron chi connectivity index (χ0n) is 19.3. The van der Waals surface area contributed by atoms with E-state index in [1.54, 1.807) is 23.0 Å². The molecule has 3 aromatic rings. The zero-order chi connectivity index (χ0) is 23.9. The lowest BCUT2D eigenvalue weighted by Crippen LogP contribution is -2.64. The highest BCUT2D eigenvalue weighted by molar-refractivity contribution is 7.07.